The van der Waals surface area contributed by atoms with Crippen LogP contribution in [-0.4, -0.2) is 14.5 Å². The lowest BCUT2D eigenvalue weighted by molar-refractivity contribution is 0.207. The van der Waals surface area contributed by atoms with Crippen molar-refractivity contribution in [3.05, 3.63) is 23.3 Å². The highest BCUT2D eigenvalue weighted by Gasteiger charge is 2.22. The molecule has 1 aliphatic carbocycles. The third kappa shape index (κ3) is 3.33. The maximum Gasteiger partial charge on any atom is 0.238 e. The van der Waals surface area contributed by atoms with Crippen LogP contribution in [0.5, 0.6) is 5.75 Å². The van der Waals surface area contributed by atoms with Gasteiger partial charge < -0.3 is 4.74 Å². The Labute approximate surface area is 121 Å². The van der Waals surface area contributed by atoms with Crippen LogP contribution in [0.15, 0.2) is 17.0 Å². The highest BCUT2D eigenvalue weighted by molar-refractivity contribution is 7.89. The van der Waals surface area contributed by atoms with Crippen LogP contribution < -0.4 is 9.88 Å². The van der Waals surface area contributed by atoms with E-state index in [-0.39, 0.29) is 16.9 Å². The summed E-state index contributed by atoms with van der Waals surface area (Å²) >= 11 is 0. The molecule has 0 unspecified atom stereocenters. The Kier molecular flexibility index (Phi) is 4.39. The summed E-state index contributed by atoms with van der Waals surface area (Å²) in [6.45, 7) is 5.81. The Morgan fingerprint density at radius 1 is 1.25 bits per heavy atom. The van der Waals surface area contributed by atoms with Gasteiger partial charge in [0.05, 0.1) is 11.0 Å². The average molecular weight is 297 g/mol. The quantitative estimate of drug-likeness (QED) is 0.928. The van der Waals surface area contributed by atoms with Gasteiger partial charge in [0.25, 0.3) is 0 Å². The molecule has 1 saturated carbocycles. The Morgan fingerprint density at radius 3 is 2.35 bits per heavy atom. The first-order valence-electron chi connectivity index (χ1n) is 7.13. The van der Waals surface area contributed by atoms with Gasteiger partial charge in [0.2, 0.25) is 10.0 Å². The van der Waals surface area contributed by atoms with E-state index in [4.69, 9.17) is 9.88 Å². The van der Waals surface area contributed by atoms with Crippen LogP contribution >= 0.6 is 0 Å². The first-order chi connectivity index (χ1) is 9.29. The molecule has 0 atom stereocenters. The molecule has 0 bridgehead atoms. The third-order valence-corrected chi connectivity index (χ3v) is 4.88. The van der Waals surface area contributed by atoms with Crippen LogP contribution in [0.25, 0.3) is 0 Å². The number of nitrogens with two attached hydrogens (primary N) is 1. The molecule has 4 nitrogen and oxygen atoms in total. The molecule has 1 aliphatic rings. The highest BCUT2D eigenvalue weighted by Crippen LogP contribution is 2.34. The number of rotatable bonds is 4. The van der Waals surface area contributed by atoms with Crippen LogP contribution in [0.1, 0.15) is 56.6 Å². The Bertz CT molecular complexity index is 587. The van der Waals surface area contributed by atoms with E-state index in [1.54, 1.807) is 13.0 Å². The molecule has 1 aromatic carbocycles. The topological polar surface area (TPSA) is 69.4 Å². The molecule has 2 rings (SSSR count). The van der Waals surface area contributed by atoms with E-state index in [0.717, 1.165) is 24.2 Å². The summed E-state index contributed by atoms with van der Waals surface area (Å²) in [6, 6.07) is 3.48. The van der Waals surface area contributed by atoms with E-state index in [0.29, 0.717) is 5.56 Å². The number of benzene rings is 1. The normalized spacial score (nSPS) is 16.9. The molecule has 5 heteroatoms. The van der Waals surface area contributed by atoms with E-state index >= 15 is 0 Å². The number of primary sulfonamides is 1. The third-order valence-electron chi connectivity index (χ3n) is 3.83. The summed E-state index contributed by atoms with van der Waals surface area (Å²) in [5, 5.41) is 5.27. The second-order valence-electron chi connectivity index (χ2n) is 5.88. The van der Waals surface area contributed by atoms with Gasteiger partial charge in [-0.05, 0) is 61.8 Å². The number of ether oxygens (including phenoxy) is 1. The zero-order valence-electron chi connectivity index (χ0n) is 12.3. The monoisotopic (exact) mass is 297 g/mol. The average Bonchev–Trinajstić information content (AvgIpc) is 2.79. The minimum absolute atomic E-state index is 0.188. The predicted octanol–water partition coefficient (Wildman–Crippen LogP) is 3.09. The standard InChI is InChI=1S/C15H23NO3S/c1-10(2)13-9-15(20(16,17)18)11(3)8-14(13)19-12-6-4-5-7-12/h8-10,12H,4-7H2,1-3H3,(H2,16,17,18). The maximum atomic E-state index is 11.6. The molecule has 0 heterocycles. The fourth-order valence-corrected chi connectivity index (χ4v) is 3.52. The van der Waals surface area contributed by atoms with E-state index in [2.05, 4.69) is 0 Å². The van der Waals surface area contributed by atoms with Crippen molar-refractivity contribution in [1.29, 1.82) is 0 Å². The van der Waals surface area contributed by atoms with Crippen molar-refractivity contribution in [2.75, 3.05) is 0 Å². The van der Waals surface area contributed by atoms with E-state index < -0.39 is 10.0 Å². The molecule has 0 spiro atoms. The van der Waals surface area contributed by atoms with Gasteiger partial charge in [0, 0.05) is 0 Å². The van der Waals surface area contributed by atoms with E-state index in [9.17, 15) is 8.42 Å². The Morgan fingerprint density at radius 2 is 1.85 bits per heavy atom. The van der Waals surface area contributed by atoms with Crippen molar-refractivity contribution in [1.82, 2.24) is 0 Å². The molecule has 0 saturated heterocycles. The zero-order valence-corrected chi connectivity index (χ0v) is 13.2. The second kappa shape index (κ2) is 5.74. The van der Waals surface area contributed by atoms with Crippen molar-refractivity contribution >= 4 is 10.0 Å². The Balaban J connectivity index is 2.43. The van der Waals surface area contributed by atoms with Gasteiger partial charge in [0.15, 0.2) is 0 Å². The summed E-state index contributed by atoms with van der Waals surface area (Å²) in [7, 11) is -3.69. The molecule has 0 aromatic heterocycles. The molecule has 0 aliphatic heterocycles. The van der Waals surface area contributed by atoms with Gasteiger partial charge in [0.1, 0.15) is 5.75 Å². The van der Waals surface area contributed by atoms with Crippen LogP contribution in [0.3, 0.4) is 0 Å². The molecular formula is C15H23NO3S. The van der Waals surface area contributed by atoms with Crippen molar-refractivity contribution in [2.45, 2.75) is 63.4 Å². The van der Waals surface area contributed by atoms with Gasteiger partial charge >= 0.3 is 0 Å². The SMILES string of the molecule is Cc1cc(OC2CCCC2)c(C(C)C)cc1S(N)(=O)=O. The van der Waals surface area contributed by atoms with Crippen molar-refractivity contribution in [2.24, 2.45) is 5.14 Å². The van der Waals surface area contributed by atoms with Crippen molar-refractivity contribution in [3.8, 4) is 5.75 Å². The summed E-state index contributed by atoms with van der Waals surface area (Å²) in [5.74, 6) is 0.990. The number of aryl methyl sites for hydroxylation is 1. The molecule has 20 heavy (non-hydrogen) atoms. The molecule has 1 aromatic rings. The van der Waals surface area contributed by atoms with Crippen molar-refractivity contribution < 1.29 is 13.2 Å². The number of hydrogen-bond acceptors (Lipinski definition) is 3. The summed E-state index contributed by atoms with van der Waals surface area (Å²) in [6.07, 6.45) is 4.82. The molecular weight excluding hydrogens is 274 g/mol. The summed E-state index contributed by atoms with van der Waals surface area (Å²) in [5.41, 5.74) is 1.55. The van der Waals surface area contributed by atoms with Gasteiger partial charge in [-0.25, -0.2) is 13.6 Å². The van der Waals surface area contributed by atoms with Crippen LogP contribution in [0.4, 0.5) is 0 Å². The summed E-state index contributed by atoms with van der Waals surface area (Å²) < 4.78 is 29.3. The first-order valence-corrected chi connectivity index (χ1v) is 8.67. The fraction of sp³-hybridized carbons (Fsp3) is 0.600. The molecule has 2 N–H and O–H groups in total. The maximum absolute atomic E-state index is 11.6. The van der Waals surface area contributed by atoms with E-state index in [1.807, 2.05) is 19.9 Å². The minimum Gasteiger partial charge on any atom is -0.490 e. The number of sulfonamides is 1. The predicted molar refractivity (Wildman–Crippen MR) is 79.5 cm³/mol. The second-order valence-corrected chi connectivity index (χ2v) is 7.41. The molecule has 0 radical (unpaired) electrons. The fourth-order valence-electron chi connectivity index (χ4n) is 2.72. The van der Waals surface area contributed by atoms with Crippen LogP contribution in [0.2, 0.25) is 0 Å². The molecule has 1 fully saturated rings. The van der Waals surface area contributed by atoms with Crippen molar-refractivity contribution in [3.63, 3.8) is 0 Å². The molecule has 112 valence electrons. The zero-order chi connectivity index (χ0) is 14.9. The summed E-state index contributed by atoms with van der Waals surface area (Å²) in [4.78, 5) is 0.194. The largest absolute Gasteiger partial charge is 0.490 e. The van der Waals surface area contributed by atoms with Gasteiger partial charge in [-0.1, -0.05) is 13.8 Å². The molecule has 0 amide bonds. The van der Waals surface area contributed by atoms with Gasteiger partial charge in [-0.2, -0.15) is 0 Å². The lowest BCUT2D eigenvalue weighted by atomic mass is 10.0. The first kappa shape index (κ1) is 15.3. The van der Waals surface area contributed by atoms with Crippen LogP contribution in [-0.2, 0) is 10.0 Å². The Hall–Kier alpha value is -1.07. The minimum atomic E-state index is -3.69. The van der Waals surface area contributed by atoms with Gasteiger partial charge in [-0.3, -0.25) is 0 Å². The highest BCUT2D eigenvalue weighted by atomic mass is 32.2. The van der Waals surface area contributed by atoms with Gasteiger partial charge in [-0.15, -0.1) is 0 Å². The van der Waals surface area contributed by atoms with E-state index in [1.165, 1.54) is 12.8 Å². The number of hydrogen-bond donors (Lipinski definition) is 1. The smallest absolute Gasteiger partial charge is 0.238 e. The van der Waals surface area contributed by atoms with Crippen LogP contribution in [0, 0.1) is 6.92 Å². The lowest BCUT2D eigenvalue weighted by Gasteiger charge is -2.20. The lowest BCUT2D eigenvalue weighted by Crippen LogP contribution is -2.16.